The Morgan fingerprint density at radius 3 is 2.45 bits per heavy atom. The van der Waals surface area contributed by atoms with Gasteiger partial charge in [-0.15, -0.1) is 0 Å². The molecule has 1 aliphatic rings. The van der Waals surface area contributed by atoms with Crippen molar-refractivity contribution < 1.29 is 26.4 Å². The van der Waals surface area contributed by atoms with Crippen LogP contribution in [0.15, 0.2) is 23.4 Å². The number of carbonyl (C=O) groups excluding carboxylic acids is 1. The maximum atomic E-state index is 12.5. The quantitative estimate of drug-likeness (QED) is 0.874. The van der Waals surface area contributed by atoms with Crippen molar-refractivity contribution in [2.45, 2.75) is 30.1 Å². The molecule has 1 N–H and O–H groups in total. The number of nitrogens with one attached hydrogen (secondary N) is 1. The van der Waals surface area contributed by atoms with Gasteiger partial charge in [0.25, 0.3) is 15.9 Å². The molecule has 1 saturated carbocycles. The minimum absolute atomic E-state index is 0.0776. The van der Waals surface area contributed by atoms with E-state index in [1.54, 1.807) is 0 Å². The van der Waals surface area contributed by atoms with E-state index in [1.165, 1.54) is 7.05 Å². The molecule has 0 bridgehead atoms. The first-order valence-corrected chi connectivity index (χ1v) is 7.90. The molecule has 22 heavy (non-hydrogen) atoms. The van der Waals surface area contributed by atoms with E-state index in [0.717, 1.165) is 23.2 Å². The highest BCUT2D eigenvalue weighted by molar-refractivity contribution is 7.89. The van der Waals surface area contributed by atoms with Crippen molar-refractivity contribution in [3.63, 3.8) is 0 Å². The van der Waals surface area contributed by atoms with Gasteiger partial charge < -0.3 is 4.90 Å². The van der Waals surface area contributed by atoms with Crippen molar-refractivity contribution in [1.29, 1.82) is 0 Å². The summed E-state index contributed by atoms with van der Waals surface area (Å²) in [5.74, 6) is -0.805. The van der Waals surface area contributed by atoms with Gasteiger partial charge in [0.1, 0.15) is 6.54 Å². The number of amides is 1. The predicted molar refractivity (Wildman–Crippen MR) is 70.6 cm³/mol. The Kier molecular flexibility index (Phi) is 4.43. The molecule has 1 heterocycles. The molecule has 0 atom stereocenters. The van der Waals surface area contributed by atoms with Gasteiger partial charge in [-0.1, -0.05) is 0 Å². The lowest BCUT2D eigenvalue weighted by Crippen LogP contribution is -2.40. The largest absolute Gasteiger partial charge is 0.406 e. The highest BCUT2D eigenvalue weighted by Crippen LogP contribution is 2.31. The molecule has 1 aliphatic carbocycles. The smallest absolute Gasteiger partial charge is 0.327 e. The van der Waals surface area contributed by atoms with Gasteiger partial charge in [-0.25, -0.2) is 18.1 Å². The molecule has 1 amide bonds. The SMILES string of the molecule is CNS(=O)(=O)c1ccc(C(=O)N(CC(F)(F)F)C2CC2)cn1. The number of hydrogen-bond acceptors (Lipinski definition) is 4. The number of alkyl halides is 3. The zero-order valence-electron chi connectivity index (χ0n) is 11.6. The fourth-order valence-corrected chi connectivity index (χ4v) is 2.53. The monoisotopic (exact) mass is 337 g/mol. The first-order valence-electron chi connectivity index (χ1n) is 6.41. The first-order chi connectivity index (χ1) is 10.1. The average Bonchev–Trinajstić information content (AvgIpc) is 3.28. The third-order valence-corrected chi connectivity index (χ3v) is 4.46. The Hall–Kier alpha value is -1.68. The molecule has 1 fully saturated rings. The van der Waals surface area contributed by atoms with Crippen molar-refractivity contribution in [2.75, 3.05) is 13.6 Å². The van der Waals surface area contributed by atoms with E-state index in [4.69, 9.17) is 0 Å². The molecule has 0 unspecified atom stereocenters. The summed E-state index contributed by atoms with van der Waals surface area (Å²) in [5, 5.41) is -0.305. The maximum Gasteiger partial charge on any atom is 0.406 e. The van der Waals surface area contributed by atoms with E-state index >= 15 is 0 Å². The van der Waals surface area contributed by atoms with Crippen molar-refractivity contribution >= 4 is 15.9 Å². The Morgan fingerprint density at radius 1 is 1.41 bits per heavy atom. The third-order valence-electron chi connectivity index (χ3n) is 3.13. The van der Waals surface area contributed by atoms with Crippen LogP contribution in [0.4, 0.5) is 13.2 Å². The van der Waals surface area contributed by atoms with E-state index in [-0.39, 0.29) is 10.6 Å². The molecule has 1 aromatic heterocycles. The standard InChI is InChI=1S/C12H14F3N3O3S/c1-16-22(20,21)10-5-2-8(6-17-10)11(19)18(9-3-4-9)7-12(13,14)15/h2,5-6,9,16H,3-4,7H2,1H3. The van der Waals surface area contributed by atoms with Crippen LogP contribution in [0, 0.1) is 0 Å². The topological polar surface area (TPSA) is 79.4 Å². The van der Waals surface area contributed by atoms with Gasteiger partial charge in [0.15, 0.2) is 5.03 Å². The highest BCUT2D eigenvalue weighted by Gasteiger charge is 2.41. The molecule has 122 valence electrons. The van der Waals surface area contributed by atoms with Crippen LogP contribution < -0.4 is 4.72 Å². The molecule has 0 saturated heterocycles. The van der Waals surface area contributed by atoms with E-state index < -0.39 is 34.7 Å². The van der Waals surface area contributed by atoms with Crippen molar-refractivity contribution in [3.8, 4) is 0 Å². The van der Waals surface area contributed by atoms with Crippen LogP contribution in [0.1, 0.15) is 23.2 Å². The lowest BCUT2D eigenvalue weighted by molar-refractivity contribution is -0.141. The fraction of sp³-hybridized carbons (Fsp3) is 0.500. The number of halogens is 3. The first kappa shape index (κ1) is 16.7. The van der Waals surface area contributed by atoms with Crippen LogP contribution in [-0.4, -0.2) is 50.0 Å². The fourth-order valence-electron chi connectivity index (χ4n) is 1.88. The summed E-state index contributed by atoms with van der Waals surface area (Å²) in [6.07, 6.45) is -2.46. The Morgan fingerprint density at radius 2 is 2.05 bits per heavy atom. The summed E-state index contributed by atoms with van der Waals surface area (Å²) in [6.45, 7) is -1.33. The number of hydrogen-bond donors (Lipinski definition) is 1. The summed E-state index contributed by atoms with van der Waals surface area (Å²) in [6, 6.07) is 1.82. The molecular weight excluding hydrogens is 323 g/mol. The maximum absolute atomic E-state index is 12.5. The van der Waals surface area contributed by atoms with E-state index in [1.807, 2.05) is 0 Å². The van der Waals surface area contributed by atoms with Gasteiger partial charge in [0, 0.05) is 12.2 Å². The molecular formula is C12H14F3N3O3S. The summed E-state index contributed by atoms with van der Waals surface area (Å²) < 4.78 is 62.7. The van der Waals surface area contributed by atoms with Crippen LogP contribution in [0.3, 0.4) is 0 Å². The van der Waals surface area contributed by atoms with Gasteiger partial charge in [-0.3, -0.25) is 4.79 Å². The molecule has 6 nitrogen and oxygen atoms in total. The van der Waals surface area contributed by atoms with E-state index in [9.17, 15) is 26.4 Å². The molecule has 0 aliphatic heterocycles. The van der Waals surface area contributed by atoms with Crippen molar-refractivity contribution in [3.05, 3.63) is 23.9 Å². The predicted octanol–water partition coefficient (Wildman–Crippen LogP) is 1.16. The molecule has 2 rings (SSSR count). The van der Waals surface area contributed by atoms with E-state index in [0.29, 0.717) is 12.8 Å². The highest BCUT2D eigenvalue weighted by atomic mass is 32.2. The van der Waals surface area contributed by atoms with Gasteiger partial charge in [0.05, 0.1) is 5.56 Å². The lowest BCUT2D eigenvalue weighted by atomic mass is 10.2. The molecule has 0 aromatic carbocycles. The van der Waals surface area contributed by atoms with Crippen molar-refractivity contribution in [1.82, 2.24) is 14.6 Å². The minimum Gasteiger partial charge on any atom is -0.327 e. The molecule has 0 radical (unpaired) electrons. The number of sulfonamides is 1. The van der Waals surface area contributed by atoms with Gasteiger partial charge in [-0.2, -0.15) is 13.2 Å². The van der Waals surface area contributed by atoms with Crippen LogP contribution in [0.2, 0.25) is 0 Å². The molecule has 1 aromatic rings. The minimum atomic E-state index is -4.49. The molecule has 10 heteroatoms. The Bertz CT molecular complexity index is 654. The zero-order valence-corrected chi connectivity index (χ0v) is 12.4. The van der Waals surface area contributed by atoms with Crippen molar-refractivity contribution in [2.24, 2.45) is 0 Å². The summed E-state index contributed by atoms with van der Waals surface area (Å²) in [7, 11) is -2.56. The normalized spacial score (nSPS) is 15.6. The van der Waals surface area contributed by atoms with E-state index in [2.05, 4.69) is 9.71 Å². The van der Waals surface area contributed by atoms with Gasteiger partial charge in [0.2, 0.25) is 0 Å². The van der Waals surface area contributed by atoms with Gasteiger partial charge in [-0.05, 0) is 32.0 Å². The number of pyridine rings is 1. The number of aromatic nitrogens is 1. The summed E-state index contributed by atoms with van der Waals surface area (Å²) in [5.41, 5.74) is -0.0776. The number of rotatable bonds is 5. The second-order valence-corrected chi connectivity index (χ2v) is 6.71. The van der Waals surface area contributed by atoms with Crippen LogP contribution >= 0.6 is 0 Å². The number of carbonyl (C=O) groups is 1. The van der Waals surface area contributed by atoms with Crippen LogP contribution in [0.25, 0.3) is 0 Å². The zero-order chi connectivity index (χ0) is 16.5. The Balaban J connectivity index is 2.21. The lowest BCUT2D eigenvalue weighted by Gasteiger charge is -2.23. The molecule has 0 spiro atoms. The number of nitrogens with zero attached hydrogens (tertiary/aromatic N) is 2. The van der Waals surface area contributed by atoms with Crippen LogP contribution in [-0.2, 0) is 10.0 Å². The average molecular weight is 337 g/mol. The third kappa shape index (κ3) is 3.95. The summed E-state index contributed by atoms with van der Waals surface area (Å²) >= 11 is 0. The summed E-state index contributed by atoms with van der Waals surface area (Å²) in [4.78, 5) is 16.5. The Labute approximate surface area is 125 Å². The van der Waals surface area contributed by atoms with Crippen LogP contribution in [0.5, 0.6) is 0 Å². The van der Waals surface area contributed by atoms with Gasteiger partial charge >= 0.3 is 6.18 Å². The second-order valence-electron chi connectivity index (χ2n) is 4.87. The second kappa shape index (κ2) is 5.84.